The lowest BCUT2D eigenvalue weighted by Gasteiger charge is -2.23. The van der Waals surface area contributed by atoms with Crippen LogP contribution in [0.3, 0.4) is 0 Å². The van der Waals surface area contributed by atoms with Crippen LogP contribution in [0.25, 0.3) is 30.9 Å². The molecule has 0 aliphatic carbocycles. The van der Waals surface area contributed by atoms with Gasteiger partial charge in [-0.1, -0.05) is 71.6 Å². The van der Waals surface area contributed by atoms with Crippen LogP contribution >= 0.6 is 11.3 Å². The summed E-state index contributed by atoms with van der Waals surface area (Å²) in [6, 6.07) is 14.2. The van der Waals surface area contributed by atoms with Gasteiger partial charge >= 0.3 is 0 Å². The maximum atomic E-state index is 2.59. The molecule has 0 fully saturated rings. The molecule has 4 rings (SSSR count). The van der Waals surface area contributed by atoms with Crippen LogP contribution in [0, 0.1) is 0 Å². The average molecular weight is 459 g/mol. The molecule has 0 saturated carbocycles. The molecule has 0 aliphatic rings. The lowest BCUT2D eigenvalue weighted by atomic mass is 9.81. The second kappa shape index (κ2) is 11.5. The first-order valence-electron chi connectivity index (χ1n) is 13.6. The number of fused-ring (bicyclic) bond motifs is 4. The summed E-state index contributed by atoms with van der Waals surface area (Å²) < 4.78 is 2.89. The Labute approximate surface area is 205 Å². The van der Waals surface area contributed by atoms with Crippen molar-refractivity contribution < 1.29 is 0 Å². The van der Waals surface area contributed by atoms with E-state index in [9.17, 15) is 0 Å². The summed E-state index contributed by atoms with van der Waals surface area (Å²) in [6.07, 6.45) is 15.3. The van der Waals surface area contributed by atoms with E-state index in [1.54, 1.807) is 33.0 Å². The van der Waals surface area contributed by atoms with Gasteiger partial charge in [0.05, 0.1) is 0 Å². The van der Waals surface area contributed by atoms with Crippen LogP contribution in [0.15, 0.2) is 36.4 Å². The van der Waals surface area contributed by atoms with Crippen molar-refractivity contribution in [2.75, 3.05) is 0 Å². The lowest BCUT2D eigenvalue weighted by molar-refractivity contribution is 0.724. The molecule has 0 saturated heterocycles. The number of thiophene rings is 1. The third kappa shape index (κ3) is 4.99. The molecule has 0 amide bonds. The fourth-order valence-electron chi connectivity index (χ4n) is 5.55. The second-order valence-corrected chi connectivity index (χ2v) is 10.9. The predicted octanol–water partition coefficient (Wildman–Crippen LogP) is 10.6. The van der Waals surface area contributed by atoms with Crippen LogP contribution in [0.2, 0.25) is 0 Å². The minimum atomic E-state index is 1.23. The summed E-state index contributed by atoms with van der Waals surface area (Å²) in [5.41, 5.74) is 6.84. The molecule has 0 nitrogen and oxygen atoms in total. The van der Waals surface area contributed by atoms with Crippen LogP contribution in [0.4, 0.5) is 0 Å². The largest absolute Gasteiger partial charge is 0.135 e. The van der Waals surface area contributed by atoms with Gasteiger partial charge in [0, 0.05) is 20.2 Å². The maximum Gasteiger partial charge on any atom is 0.0361 e. The molecule has 4 aromatic rings. The summed E-state index contributed by atoms with van der Waals surface area (Å²) in [5.74, 6) is 0. The van der Waals surface area contributed by atoms with E-state index in [1.165, 1.54) is 97.2 Å². The topological polar surface area (TPSA) is 0 Å². The smallest absolute Gasteiger partial charge is 0.0361 e. The van der Waals surface area contributed by atoms with E-state index in [0.29, 0.717) is 0 Å². The van der Waals surface area contributed by atoms with E-state index >= 15 is 0 Å². The first-order chi connectivity index (χ1) is 16.2. The van der Waals surface area contributed by atoms with Crippen molar-refractivity contribution in [3.8, 4) is 0 Å². The summed E-state index contributed by atoms with van der Waals surface area (Å²) in [6.45, 7) is 9.37. The monoisotopic (exact) mass is 458 g/mol. The Bertz CT molecular complexity index is 1210. The Morgan fingerprint density at radius 3 is 1.52 bits per heavy atom. The molecule has 33 heavy (non-hydrogen) atoms. The zero-order chi connectivity index (χ0) is 23.2. The Morgan fingerprint density at radius 1 is 0.485 bits per heavy atom. The SMILES string of the molecule is CCCCc1c(CCCC)c(CCCC)c2cc3c(cc2c1CCCC)sc1ccccc13. The van der Waals surface area contributed by atoms with E-state index in [1.807, 2.05) is 11.3 Å². The van der Waals surface area contributed by atoms with Gasteiger partial charge in [-0.25, -0.2) is 0 Å². The first kappa shape index (κ1) is 24.3. The van der Waals surface area contributed by atoms with Gasteiger partial charge in [-0.15, -0.1) is 11.3 Å². The van der Waals surface area contributed by atoms with Crippen LogP contribution in [-0.2, 0) is 25.7 Å². The maximum absolute atomic E-state index is 2.59. The van der Waals surface area contributed by atoms with E-state index in [-0.39, 0.29) is 0 Å². The second-order valence-electron chi connectivity index (χ2n) is 9.82. The Balaban J connectivity index is 2.08. The molecular formula is C32H42S. The molecule has 1 heterocycles. The number of aryl methyl sites for hydroxylation is 2. The van der Waals surface area contributed by atoms with Gasteiger partial charge in [0.15, 0.2) is 0 Å². The molecule has 0 bridgehead atoms. The van der Waals surface area contributed by atoms with Gasteiger partial charge in [-0.2, -0.15) is 0 Å². The molecule has 3 aromatic carbocycles. The third-order valence-electron chi connectivity index (χ3n) is 7.38. The van der Waals surface area contributed by atoms with E-state index < -0.39 is 0 Å². The molecule has 1 heteroatoms. The van der Waals surface area contributed by atoms with Crippen LogP contribution < -0.4 is 0 Å². The molecule has 0 aliphatic heterocycles. The van der Waals surface area contributed by atoms with Crippen molar-refractivity contribution in [2.45, 2.75) is 105 Å². The van der Waals surface area contributed by atoms with Crippen LogP contribution in [0.1, 0.15) is 101 Å². The number of unbranched alkanes of at least 4 members (excludes halogenated alkanes) is 4. The van der Waals surface area contributed by atoms with Crippen molar-refractivity contribution in [3.05, 3.63) is 58.7 Å². The molecular weight excluding hydrogens is 416 g/mol. The van der Waals surface area contributed by atoms with Crippen molar-refractivity contribution in [3.63, 3.8) is 0 Å². The third-order valence-corrected chi connectivity index (χ3v) is 8.51. The highest BCUT2D eigenvalue weighted by Crippen LogP contribution is 2.41. The van der Waals surface area contributed by atoms with Crippen molar-refractivity contribution >= 4 is 42.3 Å². The van der Waals surface area contributed by atoms with Gasteiger partial charge in [0.2, 0.25) is 0 Å². The number of hydrogen-bond donors (Lipinski definition) is 0. The minimum absolute atomic E-state index is 1.23. The quantitative estimate of drug-likeness (QED) is 0.198. The fraction of sp³-hybridized carbons (Fsp3) is 0.500. The molecule has 0 N–H and O–H groups in total. The standard InChI is InChI=1S/C32H42S/c1-5-9-15-23-24(16-10-6-2)26(18-12-8-4)29-22-32-30(21-28(29)25(23)17-11-7-3)27-19-13-14-20-31(27)33-32/h13-14,19-22H,5-12,15-18H2,1-4H3. The normalized spacial score (nSPS) is 11.9. The molecule has 176 valence electrons. The van der Waals surface area contributed by atoms with Crippen molar-refractivity contribution in [2.24, 2.45) is 0 Å². The molecule has 1 aromatic heterocycles. The highest BCUT2D eigenvalue weighted by molar-refractivity contribution is 7.25. The summed E-state index contributed by atoms with van der Waals surface area (Å²) in [7, 11) is 0. The Kier molecular flexibility index (Phi) is 8.47. The van der Waals surface area contributed by atoms with Gasteiger partial charge < -0.3 is 0 Å². The van der Waals surface area contributed by atoms with E-state index in [4.69, 9.17) is 0 Å². The minimum Gasteiger partial charge on any atom is -0.135 e. The van der Waals surface area contributed by atoms with Crippen LogP contribution in [-0.4, -0.2) is 0 Å². The summed E-state index contributed by atoms with van der Waals surface area (Å²) >= 11 is 1.97. The van der Waals surface area contributed by atoms with E-state index in [0.717, 1.165) is 0 Å². The van der Waals surface area contributed by atoms with Gasteiger partial charge in [-0.3, -0.25) is 0 Å². The molecule has 0 atom stereocenters. The Hall–Kier alpha value is -1.86. The number of hydrogen-bond acceptors (Lipinski definition) is 1. The molecule has 0 radical (unpaired) electrons. The predicted molar refractivity (Wildman–Crippen MR) is 151 cm³/mol. The summed E-state index contributed by atoms with van der Waals surface area (Å²) in [4.78, 5) is 0. The van der Waals surface area contributed by atoms with Crippen LogP contribution in [0.5, 0.6) is 0 Å². The first-order valence-corrected chi connectivity index (χ1v) is 14.4. The van der Waals surface area contributed by atoms with Gasteiger partial charge in [0.25, 0.3) is 0 Å². The van der Waals surface area contributed by atoms with Gasteiger partial charge in [0.1, 0.15) is 0 Å². The number of benzene rings is 3. The average Bonchev–Trinajstić information content (AvgIpc) is 3.20. The molecule has 0 unspecified atom stereocenters. The zero-order valence-corrected chi connectivity index (χ0v) is 22.2. The highest BCUT2D eigenvalue weighted by Gasteiger charge is 2.20. The van der Waals surface area contributed by atoms with Crippen molar-refractivity contribution in [1.82, 2.24) is 0 Å². The zero-order valence-electron chi connectivity index (χ0n) is 21.4. The number of rotatable bonds is 12. The van der Waals surface area contributed by atoms with Gasteiger partial charge in [-0.05, 0) is 103 Å². The molecule has 0 spiro atoms. The van der Waals surface area contributed by atoms with E-state index in [2.05, 4.69) is 64.1 Å². The Morgan fingerprint density at radius 2 is 0.970 bits per heavy atom. The highest BCUT2D eigenvalue weighted by atomic mass is 32.1. The van der Waals surface area contributed by atoms with Crippen molar-refractivity contribution in [1.29, 1.82) is 0 Å². The lowest BCUT2D eigenvalue weighted by Crippen LogP contribution is -2.08. The summed E-state index contributed by atoms with van der Waals surface area (Å²) in [5, 5.41) is 6.03. The fourth-order valence-corrected chi connectivity index (χ4v) is 6.68.